The summed E-state index contributed by atoms with van der Waals surface area (Å²) >= 11 is 0. The number of aliphatic hydroxyl groups is 1. The molecule has 0 saturated carbocycles. The fraction of sp³-hybridized carbons (Fsp3) is 0.500. The summed E-state index contributed by atoms with van der Waals surface area (Å²) in [4.78, 5) is 19.4. The molecule has 1 atom stereocenters. The molecule has 8 nitrogen and oxygen atoms in total. The van der Waals surface area contributed by atoms with E-state index in [0.29, 0.717) is 0 Å². The van der Waals surface area contributed by atoms with Crippen molar-refractivity contribution in [3.8, 4) is 0 Å². The molecule has 13 heavy (non-hydrogen) atoms. The normalized spacial score (nSPS) is 8.69. The third-order valence-electron chi connectivity index (χ3n) is 0.653. The molecule has 0 bridgehead atoms. The van der Waals surface area contributed by atoms with Crippen LogP contribution in [0.15, 0.2) is 0 Å². The number of hydrogen-bond acceptors (Lipinski definition) is 3. The van der Waals surface area contributed by atoms with E-state index in [-0.39, 0.29) is 57.0 Å². The van der Waals surface area contributed by atoms with Crippen LogP contribution in [0, 0.1) is 0 Å². The molecule has 9 heteroatoms. The van der Waals surface area contributed by atoms with Gasteiger partial charge in [0.25, 0.3) is 0 Å². The van der Waals surface area contributed by atoms with Gasteiger partial charge in [-0.25, -0.2) is 4.79 Å². The number of aliphatic carboxylic acids is 2. The van der Waals surface area contributed by atoms with Crippen LogP contribution in [0.3, 0.4) is 0 Å². The van der Waals surface area contributed by atoms with Gasteiger partial charge in [-0.2, -0.15) is 0 Å². The van der Waals surface area contributed by atoms with Crippen molar-refractivity contribution in [3.63, 3.8) is 0 Å². The van der Waals surface area contributed by atoms with Gasteiger partial charge in [0.15, 0.2) is 6.10 Å². The third kappa shape index (κ3) is 18.8. The minimum atomic E-state index is -1.79. The van der Waals surface area contributed by atoms with E-state index in [1.807, 2.05) is 0 Å². The van der Waals surface area contributed by atoms with Gasteiger partial charge >= 0.3 is 49.7 Å². The molecule has 0 aromatic carbocycles. The van der Waals surface area contributed by atoms with Gasteiger partial charge in [-0.1, -0.05) is 0 Å². The van der Waals surface area contributed by atoms with Crippen LogP contribution in [0.4, 0.5) is 0 Å². The van der Waals surface area contributed by atoms with Crippen LogP contribution in [0.1, 0.15) is 9.27 Å². The maximum Gasteiger partial charge on any atom is 2.00 e. The Morgan fingerprint density at radius 1 is 1.15 bits per heavy atom. The van der Waals surface area contributed by atoms with Crippen molar-refractivity contribution in [2.45, 2.75) is 12.5 Å². The Morgan fingerprint density at radius 3 is 1.54 bits per heavy atom. The molecule has 0 aromatic rings. The molecular weight excluding hydrogens is 216 g/mol. The Bertz CT molecular complexity index is 145. The summed E-state index contributed by atoms with van der Waals surface area (Å²) in [5.41, 5.74) is 0. The van der Waals surface area contributed by atoms with Gasteiger partial charge < -0.3 is 34.6 Å². The Balaban J connectivity index is -0.0000000213. The quantitative estimate of drug-likeness (QED) is 0.419. The zero-order chi connectivity index (χ0) is 7.44. The van der Waals surface area contributed by atoms with Crippen molar-refractivity contribution < 1.29 is 44.2 Å². The standard InChI is InChI=1S/C4H6O5.Ca.3H2O.2H/c5-2(4(8)9)1-3(6)7;;;;;;/h2,5H,1H2,(H,6,7)(H,8,9);;3*1H2;;/q;+2;;;;2*-1. The molecule has 0 amide bonds. The van der Waals surface area contributed by atoms with Crippen LogP contribution in [0.5, 0.6) is 0 Å². The van der Waals surface area contributed by atoms with Gasteiger partial charge in [0.05, 0.1) is 6.42 Å². The molecule has 0 rings (SSSR count). The van der Waals surface area contributed by atoms with Crippen molar-refractivity contribution in [1.82, 2.24) is 0 Å². The van der Waals surface area contributed by atoms with Crippen LogP contribution in [-0.2, 0) is 9.59 Å². The number of carbonyl (C=O) groups is 2. The minimum absolute atomic E-state index is 0. The summed E-state index contributed by atoms with van der Waals surface area (Å²) in [6.07, 6.45) is -2.54. The maximum atomic E-state index is 9.72. The topological polar surface area (TPSA) is 189 Å². The van der Waals surface area contributed by atoms with E-state index in [1.54, 1.807) is 0 Å². The average Bonchev–Trinajstić information content (AvgIpc) is 1.63. The monoisotopic (exact) mass is 230 g/mol. The summed E-state index contributed by atoms with van der Waals surface area (Å²) in [7, 11) is 0. The Morgan fingerprint density at radius 2 is 1.46 bits per heavy atom. The number of carboxylic acids is 2. The van der Waals surface area contributed by atoms with Gasteiger partial charge in [0.1, 0.15) is 0 Å². The molecule has 80 valence electrons. The first-order valence-electron chi connectivity index (χ1n) is 2.16. The first kappa shape index (κ1) is 29.2. The van der Waals surface area contributed by atoms with E-state index < -0.39 is 24.5 Å². The van der Waals surface area contributed by atoms with E-state index >= 15 is 0 Å². The zero-order valence-corrected chi connectivity index (χ0v) is 8.86. The smallest absolute Gasteiger partial charge is 1.00 e. The fourth-order valence-corrected chi connectivity index (χ4v) is 0.253. The second-order valence-electron chi connectivity index (χ2n) is 1.45. The maximum absolute atomic E-state index is 9.72. The number of carboxylic acid groups (broad SMARTS) is 2. The molecule has 9 N–H and O–H groups in total. The molecule has 0 spiro atoms. The Hall–Kier alpha value is 0.0397. The summed E-state index contributed by atoms with van der Waals surface area (Å²) < 4.78 is 0. The molecular formula is C4H14CaO8. The molecule has 0 aliphatic heterocycles. The van der Waals surface area contributed by atoms with Crippen molar-refractivity contribution in [2.24, 2.45) is 0 Å². The molecule has 1 unspecified atom stereocenters. The summed E-state index contributed by atoms with van der Waals surface area (Å²) in [5, 5.41) is 24.1. The van der Waals surface area contributed by atoms with E-state index in [0.717, 1.165) is 0 Å². The van der Waals surface area contributed by atoms with E-state index in [4.69, 9.17) is 15.3 Å². The van der Waals surface area contributed by atoms with Crippen LogP contribution < -0.4 is 0 Å². The second kappa shape index (κ2) is 14.6. The summed E-state index contributed by atoms with van der Waals surface area (Å²) in [5.74, 6) is -2.85. The molecule has 0 radical (unpaired) electrons. The molecule has 0 aromatic heterocycles. The predicted octanol–water partition coefficient (Wildman–Crippen LogP) is -3.72. The van der Waals surface area contributed by atoms with Crippen LogP contribution >= 0.6 is 0 Å². The molecule has 0 aliphatic carbocycles. The summed E-state index contributed by atoms with van der Waals surface area (Å²) in [6.45, 7) is 0. The van der Waals surface area contributed by atoms with Crippen molar-refractivity contribution in [1.29, 1.82) is 0 Å². The molecule has 0 aliphatic rings. The van der Waals surface area contributed by atoms with Gasteiger partial charge in [-0.3, -0.25) is 4.79 Å². The largest absolute Gasteiger partial charge is 2.00 e. The first-order chi connectivity index (χ1) is 4.04. The first-order valence-corrected chi connectivity index (χ1v) is 2.16. The van der Waals surface area contributed by atoms with Crippen LogP contribution in [0.2, 0.25) is 0 Å². The average molecular weight is 230 g/mol. The zero-order valence-electron chi connectivity index (χ0n) is 8.65. The van der Waals surface area contributed by atoms with Gasteiger partial charge in [0.2, 0.25) is 0 Å². The number of aliphatic hydroxyl groups excluding tert-OH is 1. The third-order valence-corrected chi connectivity index (χ3v) is 0.653. The van der Waals surface area contributed by atoms with Crippen molar-refractivity contribution in [3.05, 3.63) is 0 Å². The van der Waals surface area contributed by atoms with Gasteiger partial charge in [0, 0.05) is 0 Å². The number of rotatable bonds is 3. The van der Waals surface area contributed by atoms with E-state index in [2.05, 4.69) is 0 Å². The fourth-order valence-electron chi connectivity index (χ4n) is 0.253. The SMILES string of the molecule is O.O.O.O=C(O)CC(O)C(=O)O.[Ca+2].[H-].[H-]. The Kier molecular flexibility index (Phi) is 32.7. The number of hydrogen-bond donors (Lipinski definition) is 3. The van der Waals surface area contributed by atoms with Gasteiger partial charge in [-0.05, 0) is 0 Å². The van der Waals surface area contributed by atoms with Crippen molar-refractivity contribution in [2.75, 3.05) is 0 Å². The minimum Gasteiger partial charge on any atom is -1.00 e. The second-order valence-corrected chi connectivity index (χ2v) is 1.45. The van der Waals surface area contributed by atoms with Crippen LogP contribution in [0.25, 0.3) is 0 Å². The van der Waals surface area contributed by atoms with E-state index in [1.165, 1.54) is 0 Å². The molecule has 0 heterocycles. The van der Waals surface area contributed by atoms with Crippen molar-refractivity contribution >= 4 is 49.7 Å². The Labute approximate surface area is 106 Å². The molecule has 0 saturated heterocycles. The van der Waals surface area contributed by atoms with E-state index in [9.17, 15) is 9.59 Å². The van der Waals surface area contributed by atoms with Crippen LogP contribution in [-0.4, -0.2) is 87.5 Å². The van der Waals surface area contributed by atoms with Gasteiger partial charge in [-0.15, -0.1) is 0 Å². The molecule has 0 fully saturated rings. The predicted molar refractivity (Wildman–Crippen MR) is 44.7 cm³/mol. The summed E-state index contributed by atoms with van der Waals surface area (Å²) in [6, 6.07) is 0.